The lowest BCUT2D eigenvalue weighted by molar-refractivity contribution is 0.0444. The van der Waals surface area contributed by atoms with E-state index in [2.05, 4.69) is 34.6 Å². The smallest absolute Gasteiger partial charge is 0.0619 e. The van der Waals surface area contributed by atoms with Gasteiger partial charge in [-0.15, -0.1) is 0 Å². The van der Waals surface area contributed by atoms with Crippen molar-refractivity contribution in [2.24, 2.45) is 17.8 Å². The Morgan fingerprint density at radius 3 is 1.75 bits per heavy atom. The van der Waals surface area contributed by atoms with E-state index in [1.807, 2.05) is 6.92 Å². The molecule has 2 atom stereocenters. The molecule has 1 aliphatic carbocycles. The van der Waals surface area contributed by atoms with Crippen molar-refractivity contribution in [3.8, 4) is 0 Å². The molecule has 0 spiro atoms. The molecule has 2 unspecified atom stereocenters. The van der Waals surface area contributed by atoms with Crippen molar-refractivity contribution in [1.82, 2.24) is 0 Å². The molecule has 0 heterocycles. The van der Waals surface area contributed by atoms with E-state index in [0.717, 1.165) is 30.6 Å². The van der Waals surface area contributed by atoms with Crippen LogP contribution < -0.4 is 0 Å². The largest absolute Gasteiger partial charge is 0.390 e. The summed E-state index contributed by atoms with van der Waals surface area (Å²) >= 11 is 0. The SMILES string of the molecule is CC1(O)CCCCCC1.CCC(C)CCC(C)CCCCC(C)C. The molecule has 0 aromatic heterocycles. The molecule has 0 saturated heterocycles. The van der Waals surface area contributed by atoms with Crippen LogP contribution in [0, 0.1) is 17.8 Å². The summed E-state index contributed by atoms with van der Waals surface area (Å²) in [6, 6.07) is 0. The minimum Gasteiger partial charge on any atom is -0.390 e. The summed E-state index contributed by atoms with van der Waals surface area (Å²) < 4.78 is 0. The van der Waals surface area contributed by atoms with Crippen molar-refractivity contribution in [2.45, 2.75) is 131 Å². The van der Waals surface area contributed by atoms with Crippen LogP contribution in [0.4, 0.5) is 0 Å². The van der Waals surface area contributed by atoms with Crippen LogP contribution in [0.1, 0.15) is 125 Å². The topological polar surface area (TPSA) is 20.2 Å². The third-order valence-corrected chi connectivity index (χ3v) is 5.76. The van der Waals surface area contributed by atoms with Gasteiger partial charge in [0, 0.05) is 0 Å². The second-order valence-electron chi connectivity index (χ2n) is 9.29. The molecule has 1 fully saturated rings. The zero-order chi connectivity index (χ0) is 18.4. The summed E-state index contributed by atoms with van der Waals surface area (Å²) in [5.41, 5.74) is -0.337. The lowest BCUT2D eigenvalue weighted by Gasteiger charge is -2.19. The Balaban J connectivity index is 0.000000496. The van der Waals surface area contributed by atoms with Crippen molar-refractivity contribution >= 4 is 0 Å². The van der Waals surface area contributed by atoms with Crippen molar-refractivity contribution in [1.29, 1.82) is 0 Å². The van der Waals surface area contributed by atoms with Gasteiger partial charge in [0.1, 0.15) is 0 Å². The summed E-state index contributed by atoms with van der Waals surface area (Å²) in [4.78, 5) is 0. The number of unbranched alkanes of at least 4 members (excludes halogenated alkanes) is 1. The summed E-state index contributed by atoms with van der Waals surface area (Å²) in [7, 11) is 0. The number of aliphatic hydroxyl groups is 1. The molecule has 1 heteroatoms. The van der Waals surface area contributed by atoms with Crippen molar-refractivity contribution < 1.29 is 5.11 Å². The molecule has 1 nitrogen and oxygen atoms in total. The zero-order valence-electron chi connectivity index (χ0n) is 17.9. The van der Waals surface area contributed by atoms with E-state index in [9.17, 15) is 5.11 Å². The molecular weight excluding hydrogens is 292 g/mol. The van der Waals surface area contributed by atoms with Crippen LogP contribution in [-0.4, -0.2) is 10.7 Å². The maximum absolute atomic E-state index is 9.55. The second-order valence-corrected chi connectivity index (χ2v) is 9.29. The maximum Gasteiger partial charge on any atom is 0.0619 e. The van der Waals surface area contributed by atoms with E-state index in [1.165, 1.54) is 70.6 Å². The normalized spacial score (nSPS) is 20.0. The summed E-state index contributed by atoms with van der Waals surface area (Å²) in [6.07, 6.45) is 17.0. The molecule has 146 valence electrons. The van der Waals surface area contributed by atoms with E-state index in [1.54, 1.807) is 0 Å². The van der Waals surface area contributed by atoms with E-state index in [4.69, 9.17) is 0 Å². The van der Waals surface area contributed by atoms with Gasteiger partial charge in [0.05, 0.1) is 5.60 Å². The van der Waals surface area contributed by atoms with Crippen LogP contribution >= 0.6 is 0 Å². The first-order chi connectivity index (χ1) is 11.3. The highest BCUT2D eigenvalue weighted by molar-refractivity contribution is 4.74. The Bertz CT molecular complexity index is 259. The van der Waals surface area contributed by atoms with Crippen LogP contribution in [0.3, 0.4) is 0 Å². The third-order valence-electron chi connectivity index (χ3n) is 5.76. The Morgan fingerprint density at radius 2 is 1.25 bits per heavy atom. The molecule has 0 aromatic rings. The molecule has 0 bridgehead atoms. The highest BCUT2D eigenvalue weighted by atomic mass is 16.3. The van der Waals surface area contributed by atoms with Crippen molar-refractivity contribution in [3.05, 3.63) is 0 Å². The fourth-order valence-corrected chi connectivity index (χ4v) is 3.45. The first-order valence-electron chi connectivity index (χ1n) is 11.0. The van der Waals surface area contributed by atoms with E-state index in [-0.39, 0.29) is 5.60 Å². The predicted octanol–water partition coefficient (Wildman–Crippen LogP) is 7.76. The predicted molar refractivity (Wildman–Crippen MR) is 109 cm³/mol. The fourth-order valence-electron chi connectivity index (χ4n) is 3.45. The standard InChI is InChI=1S/C15H32.C8H16O/c1-6-14(4)11-12-15(5)10-8-7-9-13(2)3;1-8(9)6-4-2-3-5-7-8/h13-15H,6-12H2,1-5H3;9H,2-7H2,1H3. The Kier molecular flexibility index (Phi) is 14.1. The van der Waals surface area contributed by atoms with E-state index >= 15 is 0 Å². The molecule has 24 heavy (non-hydrogen) atoms. The van der Waals surface area contributed by atoms with Crippen LogP contribution in [0.5, 0.6) is 0 Å². The lowest BCUT2D eigenvalue weighted by atomic mass is 9.92. The van der Waals surface area contributed by atoms with Gasteiger partial charge in [-0.05, 0) is 37.5 Å². The first kappa shape index (κ1) is 24.0. The minimum atomic E-state index is -0.337. The lowest BCUT2D eigenvalue weighted by Crippen LogP contribution is -2.21. The Morgan fingerprint density at radius 1 is 0.750 bits per heavy atom. The first-order valence-corrected chi connectivity index (χ1v) is 11.0. The average Bonchev–Trinajstić information content (AvgIpc) is 2.73. The molecule has 0 aromatic carbocycles. The van der Waals surface area contributed by atoms with Gasteiger partial charge in [-0.1, -0.05) is 105 Å². The van der Waals surface area contributed by atoms with Crippen molar-refractivity contribution in [2.75, 3.05) is 0 Å². The monoisotopic (exact) mass is 340 g/mol. The van der Waals surface area contributed by atoms with Crippen LogP contribution in [0.15, 0.2) is 0 Å². The third kappa shape index (κ3) is 15.5. The molecule has 1 saturated carbocycles. The summed E-state index contributed by atoms with van der Waals surface area (Å²) in [5, 5.41) is 9.55. The van der Waals surface area contributed by atoms with E-state index in [0.29, 0.717) is 0 Å². The maximum atomic E-state index is 9.55. The van der Waals surface area contributed by atoms with Crippen molar-refractivity contribution in [3.63, 3.8) is 0 Å². The minimum absolute atomic E-state index is 0.337. The molecule has 1 N–H and O–H groups in total. The molecule has 0 amide bonds. The molecule has 1 rings (SSSR count). The highest BCUT2D eigenvalue weighted by Crippen LogP contribution is 2.25. The Hall–Kier alpha value is -0.0400. The average molecular weight is 341 g/mol. The van der Waals surface area contributed by atoms with Crippen LogP contribution in [0.2, 0.25) is 0 Å². The quantitative estimate of drug-likeness (QED) is 0.336. The molecule has 0 aliphatic heterocycles. The zero-order valence-corrected chi connectivity index (χ0v) is 17.9. The summed E-state index contributed by atoms with van der Waals surface area (Å²) in [6.45, 7) is 13.7. The van der Waals surface area contributed by atoms with Crippen LogP contribution in [-0.2, 0) is 0 Å². The van der Waals surface area contributed by atoms with Gasteiger partial charge in [0.2, 0.25) is 0 Å². The fraction of sp³-hybridized carbons (Fsp3) is 1.00. The van der Waals surface area contributed by atoms with Gasteiger partial charge in [-0.3, -0.25) is 0 Å². The van der Waals surface area contributed by atoms with E-state index < -0.39 is 0 Å². The molecular formula is C23H48O. The second kappa shape index (κ2) is 14.2. The number of hydrogen-bond donors (Lipinski definition) is 1. The van der Waals surface area contributed by atoms with Crippen LogP contribution in [0.25, 0.3) is 0 Å². The van der Waals surface area contributed by atoms with Gasteiger partial charge in [-0.2, -0.15) is 0 Å². The highest BCUT2D eigenvalue weighted by Gasteiger charge is 2.20. The number of hydrogen-bond acceptors (Lipinski definition) is 1. The molecule has 0 radical (unpaired) electrons. The Labute approximate surface area is 154 Å². The van der Waals surface area contributed by atoms with Gasteiger partial charge < -0.3 is 5.11 Å². The van der Waals surface area contributed by atoms with Gasteiger partial charge >= 0.3 is 0 Å². The van der Waals surface area contributed by atoms with Gasteiger partial charge in [0.25, 0.3) is 0 Å². The molecule has 1 aliphatic rings. The van der Waals surface area contributed by atoms with Gasteiger partial charge in [0.15, 0.2) is 0 Å². The number of rotatable bonds is 9. The summed E-state index contributed by atoms with van der Waals surface area (Å²) in [5.74, 6) is 2.77. The van der Waals surface area contributed by atoms with Gasteiger partial charge in [-0.25, -0.2) is 0 Å².